The van der Waals surface area contributed by atoms with Crippen molar-refractivity contribution in [2.75, 3.05) is 0 Å². The molecule has 0 aromatic heterocycles. The first-order valence-corrected chi connectivity index (χ1v) is 5.01. The summed E-state index contributed by atoms with van der Waals surface area (Å²) in [6, 6.07) is 2.10. The van der Waals surface area contributed by atoms with Gasteiger partial charge in [0.25, 0.3) is 0 Å². The maximum Gasteiger partial charge on any atom is 0.153 e. The number of carbonyl (C=O) groups excluding carboxylic acids is 1. The molecule has 0 aliphatic heterocycles. The van der Waals surface area contributed by atoms with Gasteiger partial charge in [0.15, 0.2) is 5.78 Å². The zero-order valence-corrected chi connectivity index (χ0v) is 9.00. The fourth-order valence-corrected chi connectivity index (χ4v) is 1.49. The van der Waals surface area contributed by atoms with Gasteiger partial charge in [0, 0.05) is 5.92 Å². The van der Waals surface area contributed by atoms with Crippen molar-refractivity contribution in [3.05, 3.63) is 0 Å². The van der Waals surface area contributed by atoms with Gasteiger partial charge in [-0.3, -0.25) is 4.79 Å². The van der Waals surface area contributed by atoms with Crippen LogP contribution in [0.5, 0.6) is 0 Å². The van der Waals surface area contributed by atoms with Gasteiger partial charge in [-0.25, -0.2) is 0 Å². The summed E-state index contributed by atoms with van der Waals surface area (Å²) in [4.78, 5) is 11.8. The lowest BCUT2D eigenvalue weighted by Gasteiger charge is -2.17. The molecule has 0 saturated carbocycles. The molecule has 0 N–H and O–H groups in total. The summed E-state index contributed by atoms with van der Waals surface area (Å²) >= 11 is 0. The van der Waals surface area contributed by atoms with Crippen molar-refractivity contribution in [1.82, 2.24) is 0 Å². The maximum absolute atomic E-state index is 11.8. The minimum Gasteiger partial charge on any atom is -0.298 e. The zero-order valence-electron chi connectivity index (χ0n) is 9.00. The number of rotatable bonds is 5. The van der Waals surface area contributed by atoms with Crippen LogP contribution in [0, 0.1) is 29.1 Å². The lowest BCUT2D eigenvalue weighted by Crippen LogP contribution is -2.25. The zero-order chi connectivity index (χ0) is 10.4. The standard InChI is InChI=1S/C11H19NO/c1-5-9(6-2)11(13)10(7-12)8(3)4/h8-10H,5-6H2,1-4H3. The minimum absolute atomic E-state index is 0.0760. The van der Waals surface area contributed by atoms with Crippen LogP contribution in [0.4, 0.5) is 0 Å². The molecule has 0 bridgehead atoms. The molecule has 0 saturated heterocycles. The molecule has 1 atom stereocenters. The molecule has 0 aromatic rings. The van der Waals surface area contributed by atoms with Crippen LogP contribution in [0.1, 0.15) is 40.5 Å². The fourth-order valence-electron chi connectivity index (χ4n) is 1.49. The summed E-state index contributed by atoms with van der Waals surface area (Å²) in [5.74, 6) is -0.0717. The van der Waals surface area contributed by atoms with Crippen molar-refractivity contribution in [2.24, 2.45) is 17.8 Å². The fraction of sp³-hybridized carbons (Fsp3) is 0.818. The van der Waals surface area contributed by atoms with E-state index in [2.05, 4.69) is 6.07 Å². The molecule has 0 spiro atoms. The van der Waals surface area contributed by atoms with Crippen molar-refractivity contribution < 1.29 is 4.79 Å². The number of nitrogens with zero attached hydrogens (tertiary/aromatic N) is 1. The Bertz CT molecular complexity index is 199. The van der Waals surface area contributed by atoms with Crippen LogP contribution in [-0.2, 0) is 4.79 Å². The van der Waals surface area contributed by atoms with Crippen LogP contribution in [0.3, 0.4) is 0 Å². The summed E-state index contributed by atoms with van der Waals surface area (Å²) in [6.07, 6.45) is 1.69. The second-order valence-electron chi connectivity index (χ2n) is 3.77. The molecule has 0 rings (SSSR count). The summed E-state index contributed by atoms with van der Waals surface area (Å²) in [7, 11) is 0. The van der Waals surface area contributed by atoms with Gasteiger partial charge in [0.2, 0.25) is 0 Å². The largest absolute Gasteiger partial charge is 0.298 e. The molecule has 2 nitrogen and oxygen atoms in total. The summed E-state index contributed by atoms with van der Waals surface area (Å²) in [6.45, 7) is 7.85. The molecule has 0 aliphatic rings. The molecule has 1 unspecified atom stereocenters. The molecular formula is C11H19NO. The lowest BCUT2D eigenvalue weighted by atomic mass is 9.84. The minimum atomic E-state index is -0.412. The SMILES string of the molecule is CCC(CC)C(=O)C(C#N)C(C)C. The van der Waals surface area contributed by atoms with Gasteiger partial charge >= 0.3 is 0 Å². The van der Waals surface area contributed by atoms with Gasteiger partial charge in [-0.15, -0.1) is 0 Å². The first kappa shape index (κ1) is 12.2. The van der Waals surface area contributed by atoms with Crippen LogP contribution in [0.2, 0.25) is 0 Å². The molecule has 74 valence electrons. The molecule has 2 heteroatoms. The molecule has 0 fully saturated rings. The summed E-state index contributed by atoms with van der Waals surface area (Å²) in [5, 5.41) is 8.84. The van der Waals surface area contributed by atoms with Gasteiger partial charge in [0.05, 0.1) is 6.07 Å². The first-order chi connectivity index (χ1) is 6.08. The number of Topliss-reactive ketones (excluding diaryl/α,β-unsaturated/α-hetero) is 1. The van der Waals surface area contributed by atoms with Crippen LogP contribution < -0.4 is 0 Å². The van der Waals surface area contributed by atoms with E-state index in [0.29, 0.717) is 0 Å². The van der Waals surface area contributed by atoms with E-state index in [1.165, 1.54) is 0 Å². The number of nitriles is 1. The average Bonchev–Trinajstić information content (AvgIpc) is 2.07. The Morgan fingerprint density at radius 3 is 2.00 bits per heavy atom. The third-order valence-corrected chi connectivity index (χ3v) is 2.50. The quantitative estimate of drug-likeness (QED) is 0.654. The molecule has 0 radical (unpaired) electrons. The van der Waals surface area contributed by atoms with E-state index in [1.54, 1.807) is 0 Å². The van der Waals surface area contributed by atoms with E-state index in [0.717, 1.165) is 12.8 Å². The highest BCUT2D eigenvalue weighted by atomic mass is 16.1. The molecule has 0 aliphatic carbocycles. The maximum atomic E-state index is 11.8. The van der Waals surface area contributed by atoms with Gasteiger partial charge in [0.1, 0.15) is 5.92 Å². The van der Waals surface area contributed by atoms with E-state index >= 15 is 0 Å². The van der Waals surface area contributed by atoms with E-state index < -0.39 is 5.92 Å². The van der Waals surface area contributed by atoms with E-state index in [9.17, 15) is 4.79 Å². The van der Waals surface area contributed by atoms with Crippen molar-refractivity contribution in [3.63, 3.8) is 0 Å². The van der Waals surface area contributed by atoms with E-state index in [-0.39, 0.29) is 17.6 Å². The van der Waals surface area contributed by atoms with Gasteiger partial charge < -0.3 is 0 Å². The Morgan fingerprint density at radius 1 is 1.31 bits per heavy atom. The molecular weight excluding hydrogens is 162 g/mol. The van der Waals surface area contributed by atoms with Crippen molar-refractivity contribution >= 4 is 5.78 Å². The summed E-state index contributed by atoms with van der Waals surface area (Å²) in [5.41, 5.74) is 0. The highest BCUT2D eigenvalue weighted by molar-refractivity contribution is 5.85. The molecule has 0 heterocycles. The Balaban J connectivity index is 4.46. The third kappa shape index (κ3) is 3.18. The molecule has 0 amide bonds. The third-order valence-electron chi connectivity index (χ3n) is 2.50. The number of ketones is 1. The highest BCUT2D eigenvalue weighted by Crippen LogP contribution is 2.20. The molecule has 13 heavy (non-hydrogen) atoms. The highest BCUT2D eigenvalue weighted by Gasteiger charge is 2.26. The van der Waals surface area contributed by atoms with Crippen molar-refractivity contribution in [2.45, 2.75) is 40.5 Å². The van der Waals surface area contributed by atoms with Crippen LogP contribution in [0.15, 0.2) is 0 Å². The van der Waals surface area contributed by atoms with Crippen LogP contribution in [0.25, 0.3) is 0 Å². The Morgan fingerprint density at radius 2 is 1.77 bits per heavy atom. The smallest absolute Gasteiger partial charge is 0.153 e. The second kappa shape index (κ2) is 5.75. The van der Waals surface area contributed by atoms with Gasteiger partial charge in [-0.05, 0) is 18.8 Å². The Kier molecular flexibility index (Phi) is 5.37. The monoisotopic (exact) mass is 181 g/mol. The Hall–Kier alpha value is -0.840. The number of hydrogen-bond donors (Lipinski definition) is 0. The Labute approximate surface area is 80.9 Å². The van der Waals surface area contributed by atoms with E-state index in [4.69, 9.17) is 5.26 Å². The normalized spacial score (nSPS) is 13.0. The van der Waals surface area contributed by atoms with Crippen LogP contribution in [-0.4, -0.2) is 5.78 Å². The second-order valence-corrected chi connectivity index (χ2v) is 3.77. The molecule has 0 aromatic carbocycles. The van der Waals surface area contributed by atoms with Crippen LogP contribution >= 0.6 is 0 Å². The average molecular weight is 181 g/mol. The number of hydrogen-bond acceptors (Lipinski definition) is 2. The topological polar surface area (TPSA) is 40.9 Å². The summed E-state index contributed by atoms with van der Waals surface area (Å²) < 4.78 is 0. The predicted octanol–water partition coefficient (Wildman–Crippen LogP) is 2.79. The first-order valence-electron chi connectivity index (χ1n) is 5.01. The van der Waals surface area contributed by atoms with Gasteiger partial charge in [-0.2, -0.15) is 5.26 Å². The lowest BCUT2D eigenvalue weighted by molar-refractivity contribution is -0.126. The van der Waals surface area contributed by atoms with Gasteiger partial charge in [-0.1, -0.05) is 27.7 Å². The number of carbonyl (C=O) groups is 1. The van der Waals surface area contributed by atoms with E-state index in [1.807, 2.05) is 27.7 Å². The predicted molar refractivity (Wildman–Crippen MR) is 53.0 cm³/mol. The van der Waals surface area contributed by atoms with Crippen molar-refractivity contribution in [3.8, 4) is 6.07 Å². The van der Waals surface area contributed by atoms with Crippen molar-refractivity contribution in [1.29, 1.82) is 5.26 Å².